The van der Waals surface area contributed by atoms with Crippen molar-refractivity contribution in [2.24, 2.45) is 0 Å². The van der Waals surface area contributed by atoms with Crippen LogP contribution in [-0.2, 0) is 14.8 Å². The minimum atomic E-state index is -3.81. The van der Waals surface area contributed by atoms with Gasteiger partial charge in [0.2, 0.25) is 15.9 Å². The summed E-state index contributed by atoms with van der Waals surface area (Å²) in [7, 11) is -3.81. The van der Waals surface area contributed by atoms with Crippen LogP contribution in [0.2, 0.25) is 5.02 Å². The Morgan fingerprint density at radius 2 is 2.00 bits per heavy atom. The molecular formula is C13H18ClN3O3S. The highest BCUT2D eigenvalue weighted by Gasteiger charge is 2.22. The minimum Gasteiger partial charge on any atom is -0.398 e. The first kappa shape index (κ1) is 16.1. The Labute approximate surface area is 129 Å². The summed E-state index contributed by atoms with van der Waals surface area (Å²) in [6.45, 7) is 2.82. The lowest BCUT2D eigenvalue weighted by Gasteiger charge is -2.16. The van der Waals surface area contributed by atoms with E-state index in [1.807, 2.05) is 0 Å². The van der Waals surface area contributed by atoms with Gasteiger partial charge in [0.1, 0.15) is 0 Å². The van der Waals surface area contributed by atoms with Gasteiger partial charge in [0.15, 0.2) is 0 Å². The number of amides is 1. The average molecular weight is 332 g/mol. The standard InChI is InChI=1S/C13H18ClN3O3S/c1-9-11(14)6-10(7-12(9)15)21(19,20)16-8-13(18)17-4-2-3-5-17/h6-7,16H,2-5,8,15H2,1H3. The van der Waals surface area contributed by atoms with Gasteiger partial charge in [0.25, 0.3) is 0 Å². The van der Waals surface area contributed by atoms with Crippen LogP contribution in [0.5, 0.6) is 0 Å². The van der Waals surface area contributed by atoms with Crippen LogP contribution in [-0.4, -0.2) is 38.9 Å². The normalized spacial score (nSPS) is 15.4. The number of nitrogens with two attached hydrogens (primary N) is 1. The van der Waals surface area contributed by atoms with Gasteiger partial charge in [0, 0.05) is 23.8 Å². The largest absolute Gasteiger partial charge is 0.398 e. The topological polar surface area (TPSA) is 92.5 Å². The lowest BCUT2D eigenvalue weighted by Crippen LogP contribution is -2.38. The van der Waals surface area contributed by atoms with Crippen molar-refractivity contribution in [1.82, 2.24) is 9.62 Å². The predicted molar refractivity (Wildman–Crippen MR) is 81.6 cm³/mol. The SMILES string of the molecule is Cc1c(N)cc(S(=O)(=O)NCC(=O)N2CCCC2)cc1Cl. The molecule has 1 aliphatic heterocycles. The van der Waals surface area contributed by atoms with Gasteiger partial charge in [0.05, 0.1) is 11.4 Å². The number of nitrogens with one attached hydrogen (secondary N) is 1. The molecule has 1 aromatic rings. The summed E-state index contributed by atoms with van der Waals surface area (Å²) in [4.78, 5) is 13.5. The number of benzene rings is 1. The number of likely N-dealkylation sites (tertiary alicyclic amines) is 1. The quantitative estimate of drug-likeness (QED) is 0.809. The molecule has 0 unspecified atom stereocenters. The summed E-state index contributed by atoms with van der Waals surface area (Å²) in [5.41, 5.74) is 6.65. The summed E-state index contributed by atoms with van der Waals surface area (Å²) in [5, 5.41) is 0.279. The summed E-state index contributed by atoms with van der Waals surface area (Å²) in [6.07, 6.45) is 1.92. The van der Waals surface area contributed by atoms with Crippen molar-refractivity contribution in [2.75, 3.05) is 25.4 Å². The van der Waals surface area contributed by atoms with Crippen LogP contribution in [0.1, 0.15) is 18.4 Å². The third-order valence-electron chi connectivity index (χ3n) is 3.54. The van der Waals surface area contributed by atoms with Crippen molar-refractivity contribution in [3.63, 3.8) is 0 Å². The van der Waals surface area contributed by atoms with E-state index in [9.17, 15) is 13.2 Å². The van der Waals surface area contributed by atoms with Gasteiger partial charge in [-0.15, -0.1) is 0 Å². The van der Waals surface area contributed by atoms with Crippen molar-refractivity contribution in [2.45, 2.75) is 24.7 Å². The molecule has 0 aromatic heterocycles. The molecule has 1 aliphatic rings. The summed E-state index contributed by atoms with van der Waals surface area (Å²) in [5.74, 6) is -0.220. The van der Waals surface area contributed by atoms with Gasteiger partial charge in [-0.2, -0.15) is 0 Å². The molecule has 1 fully saturated rings. The Hall–Kier alpha value is -1.31. The van der Waals surface area contributed by atoms with Crippen molar-refractivity contribution in [3.8, 4) is 0 Å². The van der Waals surface area contributed by atoms with Gasteiger partial charge in [-0.05, 0) is 37.5 Å². The average Bonchev–Trinajstić information content (AvgIpc) is 2.95. The third-order valence-corrected chi connectivity index (χ3v) is 5.31. The van der Waals surface area contributed by atoms with E-state index in [1.165, 1.54) is 12.1 Å². The van der Waals surface area contributed by atoms with Crippen molar-refractivity contribution < 1.29 is 13.2 Å². The van der Waals surface area contributed by atoms with E-state index < -0.39 is 10.0 Å². The fourth-order valence-electron chi connectivity index (χ4n) is 2.15. The van der Waals surface area contributed by atoms with E-state index in [0.717, 1.165) is 12.8 Å². The summed E-state index contributed by atoms with van der Waals surface area (Å²) in [6, 6.07) is 2.67. The maximum Gasteiger partial charge on any atom is 0.241 e. The van der Waals surface area contributed by atoms with Gasteiger partial charge in [-0.25, -0.2) is 13.1 Å². The summed E-state index contributed by atoms with van der Waals surface area (Å²) >= 11 is 5.94. The van der Waals surface area contributed by atoms with E-state index in [1.54, 1.807) is 11.8 Å². The van der Waals surface area contributed by atoms with Gasteiger partial charge < -0.3 is 10.6 Å². The Balaban J connectivity index is 2.09. The molecule has 6 nitrogen and oxygen atoms in total. The smallest absolute Gasteiger partial charge is 0.241 e. The molecule has 0 atom stereocenters. The molecule has 1 heterocycles. The highest BCUT2D eigenvalue weighted by Crippen LogP contribution is 2.25. The molecule has 8 heteroatoms. The number of halogens is 1. The van der Waals surface area contributed by atoms with Crippen LogP contribution in [0.4, 0.5) is 5.69 Å². The number of rotatable bonds is 4. The van der Waals surface area contributed by atoms with Crippen LogP contribution >= 0.6 is 11.6 Å². The zero-order valence-corrected chi connectivity index (χ0v) is 13.3. The molecule has 0 saturated carbocycles. The first-order valence-corrected chi connectivity index (χ1v) is 8.50. The van der Waals surface area contributed by atoms with Crippen LogP contribution in [0, 0.1) is 6.92 Å². The lowest BCUT2D eigenvalue weighted by molar-refractivity contribution is -0.128. The zero-order chi connectivity index (χ0) is 15.6. The second kappa shape index (κ2) is 6.21. The number of hydrogen-bond donors (Lipinski definition) is 2. The van der Waals surface area contributed by atoms with Crippen molar-refractivity contribution >= 4 is 33.2 Å². The number of nitrogens with zero attached hydrogens (tertiary/aromatic N) is 1. The number of anilines is 1. The highest BCUT2D eigenvalue weighted by atomic mass is 35.5. The van der Waals surface area contributed by atoms with Gasteiger partial charge in [-0.3, -0.25) is 4.79 Å². The minimum absolute atomic E-state index is 0.0372. The van der Waals surface area contributed by atoms with E-state index in [-0.39, 0.29) is 22.4 Å². The van der Waals surface area contributed by atoms with Crippen LogP contribution in [0.3, 0.4) is 0 Å². The number of hydrogen-bond acceptors (Lipinski definition) is 4. The molecule has 1 aromatic carbocycles. The number of nitrogen functional groups attached to an aromatic ring is 1. The Kier molecular flexibility index (Phi) is 4.75. The summed E-state index contributed by atoms with van der Waals surface area (Å²) < 4.78 is 26.6. The molecule has 0 bridgehead atoms. The monoisotopic (exact) mass is 331 g/mol. The zero-order valence-electron chi connectivity index (χ0n) is 11.7. The molecule has 0 radical (unpaired) electrons. The van der Waals surface area contributed by atoms with E-state index >= 15 is 0 Å². The van der Waals surface area contributed by atoms with Crippen LogP contribution in [0.25, 0.3) is 0 Å². The number of sulfonamides is 1. The molecular weight excluding hydrogens is 314 g/mol. The second-order valence-electron chi connectivity index (χ2n) is 5.03. The molecule has 1 saturated heterocycles. The van der Waals surface area contributed by atoms with E-state index in [0.29, 0.717) is 24.3 Å². The maximum atomic E-state index is 12.2. The molecule has 116 valence electrons. The predicted octanol–water partition coefficient (Wildman–Crippen LogP) is 1.13. The van der Waals surface area contributed by atoms with Gasteiger partial charge in [-0.1, -0.05) is 11.6 Å². The first-order valence-electron chi connectivity index (χ1n) is 6.64. The van der Waals surface area contributed by atoms with Crippen molar-refractivity contribution in [1.29, 1.82) is 0 Å². The van der Waals surface area contributed by atoms with Crippen LogP contribution < -0.4 is 10.5 Å². The van der Waals surface area contributed by atoms with Gasteiger partial charge >= 0.3 is 0 Å². The van der Waals surface area contributed by atoms with Crippen LogP contribution in [0.15, 0.2) is 17.0 Å². The number of carbonyl (C=O) groups excluding carboxylic acids is 1. The third kappa shape index (κ3) is 3.66. The fraction of sp³-hybridized carbons (Fsp3) is 0.462. The molecule has 3 N–H and O–H groups in total. The number of carbonyl (C=O) groups is 1. The Morgan fingerprint density at radius 3 is 2.57 bits per heavy atom. The maximum absolute atomic E-state index is 12.2. The Bertz CT molecular complexity index is 632. The molecule has 1 amide bonds. The lowest BCUT2D eigenvalue weighted by atomic mass is 10.2. The molecule has 2 rings (SSSR count). The van der Waals surface area contributed by atoms with Crippen molar-refractivity contribution in [3.05, 3.63) is 22.7 Å². The Morgan fingerprint density at radius 1 is 1.38 bits per heavy atom. The molecule has 0 spiro atoms. The molecule has 0 aliphatic carbocycles. The van der Waals surface area contributed by atoms with E-state index in [2.05, 4.69) is 4.72 Å². The van der Waals surface area contributed by atoms with E-state index in [4.69, 9.17) is 17.3 Å². The highest BCUT2D eigenvalue weighted by molar-refractivity contribution is 7.89. The first-order chi connectivity index (χ1) is 9.81. The molecule has 21 heavy (non-hydrogen) atoms. The fourth-order valence-corrected chi connectivity index (χ4v) is 3.47. The second-order valence-corrected chi connectivity index (χ2v) is 7.21.